The van der Waals surface area contributed by atoms with Gasteiger partial charge in [0.15, 0.2) is 0 Å². The normalized spacial score (nSPS) is 33.9. The summed E-state index contributed by atoms with van der Waals surface area (Å²) < 4.78 is 24.4. The van der Waals surface area contributed by atoms with E-state index in [0.717, 1.165) is 30.9 Å². The molecule has 0 aromatic carbocycles. The number of rotatable bonds is 5. The summed E-state index contributed by atoms with van der Waals surface area (Å²) in [7, 11) is 0. The third-order valence-corrected chi connectivity index (χ3v) is 4.69. The number of halogens is 1. The average Bonchev–Trinajstić information content (AvgIpc) is 3.11. The number of aromatic nitrogens is 1. The molecule has 2 saturated heterocycles. The molecule has 1 aromatic heterocycles. The summed E-state index contributed by atoms with van der Waals surface area (Å²) in [5.74, 6) is 0.821. The van der Waals surface area contributed by atoms with Gasteiger partial charge in [-0.3, -0.25) is 4.90 Å². The first kappa shape index (κ1) is 14.9. The van der Waals surface area contributed by atoms with Gasteiger partial charge in [0.05, 0.1) is 12.3 Å². The number of hydrogen-bond acceptors (Lipinski definition) is 5. The van der Waals surface area contributed by atoms with Gasteiger partial charge >= 0.3 is 0 Å². The van der Waals surface area contributed by atoms with E-state index in [2.05, 4.69) is 22.3 Å². The van der Waals surface area contributed by atoms with Crippen LogP contribution in [-0.4, -0.2) is 54.1 Å². The summed E-state index contributed by atoms with van der Waals surface area (Å²) in [5.41, 5.74) is 1.05. The van der Waals surface area contributed by atoms with Crippen molar-refractivity contribution < 1.29 is 13.7 Å². The zero-order valence-corrected chi connectivity index (χ0v) is 12.7. The number of nitrogens with one attached hydrogen (secondary N) is 1. The first-order valence-electron chi connectivity index (χ1n) is 7.76. The molecule has 21 heavy (non-hydrogen) atoms. The summed E-state index contributed by atoms with van der Waals surface area (Å²) in [6.45, 7) is 6.82. The fourth-order valence-electron chi connectivity index (χ4n) is 3.31. The molecule has 2 aliphatic rings. The number of likely N-dealkylation sites (tertiary alicyclic amines) is 1. The molecule has 0 aliphatic carbocycles. The Morgan fingerprint density at radius 3 is 3.05 bits per heavy atom. The summed E-state index contributed by atoms with van der Waals surface area (Å²) in [4.78, 5) is 2.19. The van der Waals surface area contributed by atoms with Gasteiger partial charge in [0.25, 0.3) is 0 Å². The van der Waals surface area contributed by atoms with Crippen LogP contribution in [0.3, 0.4) is 0 Å². The molecule has 118 valence electrons. The molecule has 1 aromatic rings. The molecule has 5 nitrogen and oxygen atoms in total. The van der Waals surface area contributed by atoms with Crippen molar-refractivity contribution in [1.29, 1.82) is 0 Å². The predicted octanol–water partition coefficient (Wildman–Crippen LogP) is 1.66. The standard InChI is InChI=1S/C15H24FN3O2/c1-10-12(6-18-21-10)8-19-9-13(16)5-14(19)7-17-15-3-4-20-11(15)2/h6,11,13-15,17H,3-5,7-9H2,1-2H3/t11-,13+,14+,15-/m1/s1. The summed E-state index contributed by atoms with van der Waals surface area (Å²) >= 11 is 0. The van der Waals surface area contributed by atoms with E-state index in [4.69, 9.17) is 9.26 Å². The van der Waals surface area contributed by atoms with E-state index in [-0.39, 0.29) is 12.1 Å². The molecule has 6 heteroatoms. The van der Waals surface area contributed by atoms with E-state index < -0.39 is 6.17 Å². The lowest BCUT2D eigenvalue weighted by atomic mass is 10.1. The Kier molecular flexibility index (Phi) is 4.57. The van der Waals surface area contributed by atoms with E-state index in [1.807, 2.05) is 6.92 Å². The van der Waals surface area contributed by atoms with Crippen LogP contribution in [0.2, 0.25) is 0 Å². The lowest BCUT2D eigenvalue weighted by Gasteiger charge is -2.26. The van der Waals surface area contributed by atoms with Crippen molar-refractivity contribution in [3.63, 3.8) is 0 Å². The molecule has 0 saturated carbocycles. The molecule has 2 fully saturated rings. The summed E-state index contributed by atoms with van der Waals surface area (Å²) in [6, 6.07) is 0.616. The first-order valence-corrected chi connectivity index (χ1v) is 7.76. The van der Waals surface area contributed by atoms with E-state index in [1.165, 1.54) is 0 Å². The van der Waals surface area contributed by atoms with Crippen LogP contribution in [-0.2, 0) is 11.3 Å². The quantitative estimate of drug-likeness (QED) is 0.896. The van der Waals surface area contributed by atoms with Crippen molar-refractivity contribution in [2.24, 2.45) is 0 Å². The van der Waals surface area contributed by atoms with Gasteiger partial charge in [-0.15, -0.1) is 0 Å². The van der Waals surface area contributed by atoms with Gasteiger partial charge < -0.3 is 14.6 Å². The molecular formula is C15H24FN3O2. The minimum Gasteiger partial charge on any atom is -0.377 e. The molecule has 3 rings (SSSR count). The van der Waals surface area contributed by atoms with Gasteiger partial charge in [-0.2, -0.15) is 0 Å². The number of ether oxygens (including phenoxy) is 1. The Bertz CT molecular complexity index is 468. The third kappa shape index (κ3) is 3.44. The van der Waals surface area contributed by atoms with Gasteiger partial charge in [-0.25, -0.2) is 4.39 Å². The average molecular weight is 297 g/mol. The Balaban J connectivity index is 1.56. The van der Waals surface area contributed by atoms with Crippen LogP contribution in [0.1, 0.15) is 31.1 Å². The van der Waals surface area contributed by atoms with Gasteiger partial charge in [0, 0.05) is 43.9 Å². The van der Waals surface area contributed by atoms with E-state index in [1.54, 1.807) is 6.20 Å². The number of hydrogen-bond donors (Lipinski definition) is 1. The smallest absolute Gasteiger partial charge is 0.138 e. The van der Waals surface area contributed by atoms with Crippen LogP contribution >= 0.6 is 0 Å². The van der Waals surface area contributed by atoms with Crippen molar-refractivity contribution in [3.8, 4) is 0 Å². The topological polar surface area (TPSA) is 50.5 Å². The monoisotopic (exact) mass is 297 g/mol. The molecule has 2 aliphatic heterocycles. The van der Waals surface area contributed by atoms with Gasteiger partial charge in [-0.1, -0.05) is 5.16 Å². The maximum atomic E-state index is 13.8. The first-order chi connectivity index (χ1) is 10.1. The molecule has 1 N–H and O–H groups in total. The SMILES string of the molecule is Cc1oncc1CN1C[C@@H](F)C[C@H]1CN[C@@H]1CCO[C@@H]1C. The minimum absolute atomic E-state index is 0.224. The van der Waals surface area contributed by atoms with E-state index in [0.29, 0.717) is 25.6 Å². The maximum absolute atomic E-state index is 13.8. The Hall–Kier alpha value is -0.980. The van der Waals surface area contributed by atoms with Crippen molar-refractivity contribution in [2.75, 3.05) is 19.7 Å². The van der Waals surface area contributed by atoms with Crippen molar-refractivity contribution in [2.45, 2.75) is 57.6 Å². The van der Waals surface area contributed by atoms with Crippen LogP contribution in [0, 0.1) is 6.92 Å². The summed E-state index contributed by atoms with van der Waals surface area (Å²) in [5, 5.41) is 7.34. The largest absolute Gasteiger partial charge is 0.377 e. The second-order valence-corrected chi connectivity index (χ2v) is 6.20. The second kappa shape index (κ2) is 6.42. The van der Waals surface area contributed by atoms with Gasteiger partial charge in [-0.05, 0) is 26.7 Å². The molecule has 0 radical (unpaired) electrons. The zero-order chi connectivity index (χ0) is 14.8. The lowest BCUT2D eigenvalue weighted by Crippen LogP contribution is -2.43. The van der Waals surface area contributed by atoms with E-state index in [9.17, 15) is 4.39 Å². The summed E-state index contributed by atoms with van der Waals surface area (Å²) in [6.07, 6.45) is 2.88. The minimum atomic E-state index is -0.741. The third-order valence-electron chi connectivity index (χ3n) is 4.69. The maximum Gasteiger partial charge on any atom is 0.138 e. The molecule has 4 atom stereocenters. The van der Waals surface area contributed by atoms with Crippen LogP contribution in [0.15, 0.2) is 10.7 Å². The molecule has 3 heterocycles. The fourth-order valence-corrected chi connectivity index (χ4v) is 3.31. The molecule has 0 amide bonds. The van der Waals surface area contributed by atoms with Gasteiger partial charge in [0.1, 0.15) is 11.9 Å². The molecule has 0 bridgehead atoms. The zero-order valence-electron chi connectivity index (χ0n) is 12.7. The Labute approximate surface area is 124 Å². The highest BCUT2D eigenvalue weighted by Crippen LogP contribution is 2.24. The van der Waals surface area contributed by atoms with Crippen LogP contribution < -0.4 is 5.32 Å². The number of alkyl halides is 1. The van der Waals surface area contributed by atoms with Crippen LogP contribution in [0.4, 0.5) is 4.39 Å². The fraction of sp³-hybridized carbons (Fsp3) is 0.800. The van der Waals surface area contributed by atoms with E-state index >= 15 is 0 Å². The second-order valence-electron chi connectivity index (χ2n) is 6.20. The van der Waals surface area contributed by atoms with Crippen molar-refractivity contribution in [3.05, 3.63) is 17.5 Å². The van der Waals surface area contributed by atoms with Gasteiger partial charge in [0.2, 0.25) is 0 Å². The molecule has 0 unspecified atom stereocenters. The van der Waals surface area contributed by atoms with Crippen LogP contribution in [0.5, 0.6) is 0 Å². The number of aryl methyl sites for hydroxylation is 1. The Morgan fingerprint density at radius 1 is 1.52 bits per heavy atom. The molecular weight excluding hydrogens is 273 g/mol. The van der Waals surface area contributed by atoms with Crippen LogP contribution in [0.25, 0.3) is 0 Å². The lowest BCUT2D eigenvalue weighted by molar-refractivity contribution is 0.111. The van der Waals surface area contributed by atoms with Crippen molar-refractivity contribution in [1.82, 2.24) is 15.4 Å². The highest BCUT2D eigenvalue weighted by Gasteiger charge is 2.33. The number of nitrogens with zero attached hydrogens (tertiary/aromatic N) is 2. The predicted molar refractivity (Wildman–Crippen MR) is 76.8 cm³/mol. The Morgan fingerprint density at radius 2 is 2.38 bits per heavy atom. The molecule has 0 spiro atoms. The highest BCUT2D eigenvalue weighted by molar-refractivity contribution is 5.12. The van der Waals surface area contributed by atoms with Crippen molar-refractivity contribution >= 4 is 0 Å². The highest BCUT2D eigenvalue weighted by atomic mass is 19.1.